The van der Waals surface area contributed by atoms with Crippen molar-refractivity contribution in [2.24, 2.45) is 0 Å². The number of halogens is 2. The molecule has 1 heterocycles. The second-order valence-electron chi connectivity index (χ2n) is 7.36. The summed E-state index contributed by atoms with van der Waals surface area (Å²) in [5.41, 5.74) is 1.91. The highest BCUT2D eigenvalue weighted by Crippen LogP contribution is 2.21. The Balaban J connectivity index is 1.61. The van der Waals surface area contributed by atoms with E-state index >= 15 is 0 Å². The maximum Gasteiger partial charge on any atom is 0.241 e. The van der Waals surface area contributed by atoms with Crippen LogP contribution in [0, 0.1) is 11.6 Å². The number of sulfonamides is 1. The molecule has 6 nitrogen and oxygen atoms in total. The topological polar surface area (TPSA) is 69.7 Å². The van der Waals surface area contributed by atoms with Gasteiger partial charge >= 0.3 is 0 Å². The quantitative estimate of drug-likeness (QED) is 0.723. The van der Waals surface area contributed by atoms with Gasteiger partial charge in [-0.1, -0.05) is 12.1 Å². The number of benzene rings is 2. The summed E-state index contributed by atoms with van der Waals surface area (Å²) < 4.78 is 51.5. The number of carbonyl (C=O) groups excluding carboxylic acids is 1. The fraction of sp³-hybridized carbons (Fsp3) is 0.381. The lowest BCUT2D eigenvalue weighted by Crippen LogP contribution is -2.40. The van der Waals surface area contributed by atoms with Crippen molar-refractivity contribution in [3.8, 4) is 0 Å². The van der Waals surface area contributed by atoms with Gasteiger partial charge in [0, 0.05) is 31.4 Å². The molecule has 0 bridgehead atoms. The van der Waals surface area contributed by atoms with Crippen LogP contribution in [0.4, 0.5) is 20.2 Å². The second-order valence-corrected chi connectivity index (χ2v) is 9.27. The van der Waals surface area contributed by atoms with Gasteiger partial charge < -0.3 is 10.2 Å². The van der Waals surface area contributed by atoms with E-state index in [0.717, 1.165) is 53.1 Å². The molecule has 2 aromatic rings. The Hall–Kier alpha value is -2.68. The Morgan fingerprint density at radius 3 is 2.30 bits per heavy atom. The number of rotatable bonds is 7. The minimum Gasteiger partial charge on any atom is -0.372 e. The first-order valence-electron chi connectivity index (χ1n) is 9.77. The summed E-state index contributed by atoms with van der Waals surface area (Å²) in [5.74, 6) is -2.83. The zero-order valence-corrected chi connectivity index (χ0v) is 17.6. The largest absolute Gasteiger partial charge is 0.372 e. The molecule has 0 aliphatic carbocycles. The Kier molecular flexibility index (Phi) is 6.91. The van der Waals surface area contributed by atoms with Gasteiger partial charge in [0.1, 0.15) is 6.54 Å². The molecule has 2 aromatic carbocycles. The predicted octanol–water partition coefficient (Wildman–Crippen LogP) is 3.04. The van der Waals surface area contributed by atoms with Crippen molar-refractivity contribution in [3.05, 3.63) is 59.7 Å². The van der Waals surface area contributed by atoms with E-state index in [-0.39, 0.29) is 12.2 Å². The van der Waals surface area contributed by atoms with Crippen LogP contribution in [0.1, 0.15) is 24.8 Å². The van der Waals surface area contributed by atoms with Crippen molar-refractivity contribution < 1.29 is 22.0 Å². The number of amides is 1. The smallest absolute Gasteiger partial charge is 0.241 e. The van der Waals surface area contributed by atoms with E-state index in [9.17, 15) is 22.0 Å². The van der Waals surface area contributed by atoms with Gasteiger partial charge in [0.05, 0.1) is 11.9 Å². The second kappa shape index (κ2) is 9.42. The molecule has 0 spiro atoms. The minimum atomic E-state index is -3.87. The Morgan fingerprint density at radius 2 is 1.70 bits per heavy atom. The van der Waals surface area contributed by atoms with E-state index < -0.39 is 34.1 Å². The SMILES string of the molecule is CS(=O)(=O)N(CC(=O)NCc1ccc(N2CCCCC2)cc1)c1ccc(F)c(F)c1. The van der Waals surface area contributed by atoms with Crippen LogP contribution in [-0.4, -0.2) is 40.2 Å². The highest BCUT2D eigenvalue weighted by Gasteiger charge is 2.22. The summed E-state index contributed by atoms with van der Waals surface area (Å²) in [6, 6.07) is 10.6. The van der Waals surface area contributed by atoms with Gasteiger partial charge in [0.2, 0.25) is 15.9 Å². The molecule has 1 amide bonds. The lowest BCUT2D eigenvalue weighted by molar-refractivity contribution is -0.119. The van der Waals surface area contributed by atoms with Crippen molar-refractivity contribution in [2.75, 3.05) is 35.1 Å². The van der Waals surface area contributed by atoms with Crippen molar-refractivity contribution in [1.29, 1.82) is 0 Å². The van der Waals surface area contributed by atoms with Gasteiger partial charge in [0.15, 0.2) is 11.6 Å². The molecule has 1 fully saturated rings. The Bertz CT molecular complexity index is 991. The van der Waals surface area contributed by atoms with E-state index in [0.29, 0.717) is 0 Å². The molecule has 9 heteroatoms. The van der Waals surface area contributed by atoms with Gasteiger partial charge in [-0.3, -0.25) is 9.10 Å². The van der Waals surface area contributed by atoms with Crippen LogP contribution in [0.2, 0.25) is 0 Å². The zero-order valence-electron chi connectivity index (χ0n) is 16.8. The molecule has 3 rings (SSSR count). The van der Waals surface area contributed by atoms with Crippen LogP contribution in [0.3, 0.4) is 0 Å². The molecule has 1 N–H and O–H groups in total. The fourth-order valence-electron chi connectivity index (χ4n) is 3.40. The van der Waals surface area contributed by atoms with Crippen molar-refractivity contribution in [3.63, 3.8) is 0 Å². The Labute approximate surface area is 175 Å². The van der Waals surface area contributed by atoms with E-state index in [1.807, 2.05) is 24.3 Å². The summed E-state index contributed by atoms with van der Waals surface area (Å²) in [6.07, 6.45) is 4.54. The molecule has 1 saturated heterocycles. The number of nitrogens with zero attached hydrogens (tertiary/aromatic N) is 2. The van der Waals surface area contributed by atoms with E-state index in [4.69, 9.17) is 0 Å². The summed E-state index contributed by atoms with van der Waals surface area (Å²) in [5, 5.41) is 2.67. The van der Waals surface area contributed by atoms with E-state index in [1.165, 1.54) is 19.3 Å². The first-order valence-corrected chi connectivity index (χ1v) is 11.6. The van der Waals surface area contributed by atoms with E-state index in [1.54, 1.807) is 0 Å². The summed E-state index contributed by atoms with van der Waals surface area (Å²) in [6.45, 7) is 1.78. The number of piperidine rings is 1. The number of nitrogens with one attached hydrogen (secondary N) is 1. The van der Waals surface area contributed by atoms with Gasteiger partial charge in [-0.25, -0.2) is 17.2 Å². The molecule has 162 valence electrons. The number of hydrogen-bond donors (Lipinski definition) is 1. The molecule has 0 aromatic heterocycles. The van der Waals surface area contributed by atoms with Gasteiger partial charge in [0.25, 0.3) is 0 Å². The summed E-state index contributed by atoms with van der Waals surface area (Å²) in [7, 11) is -3.87. The summed E-state index contributed by atoms with van der Waals surface area (Å²) >= 11 is 0. The first kappa shape index (κ1) is 22.0. The van der Waals surface area contributed by atoms with Crippen LogP contribution in [0.25, 0.3) is 0 Å². The lowest BCUT2D eigenvalue weighted by Gasteiger charge is -2.28. The monoisotopic (exact) mass is 437 g/mol. The third-order valence-corrected chi connectivity index (χ3v) is 6.17. The number of carbonyl (C=O) groups is 1. The third-order valence-electron chi connectivity index (χ3n) is 5.03. The summed E-state index contributed by atoms with van der Waals surface area (Å²) in [4.78, 5) is 14.7. The molecule has 1 aliphatic heterocycles. The van der Waals surface area contributed by atoms with Gasteiger partial charge in [-0.15, -0.1) is 0 Å². The molecular formula is C21H25F2N3O3S. The predicted molar refractivity (Wildman–Crippen MR) is 113 cm³/mol. The molecule has 0 atom stereocenters. The van der Waals surface area contributed by atoms with Crippen molar-refractivity contribution in [1.82, 2.24) is 5.32 Å². The maximum atomic E-state index is 13.5. The molecule has 30 heavy (non-hydrogen) atoms. The molecular weight excluding hydrogens is 412 g/mol. The molecule has 0 unspecified atom stereocenters. The van der Waals surface area contributed by atoms with E-state index in [2.05, 4.69) is 10.2 Å². The highest BCUT2D eigenvalue weighted by atomic mass is 32.2. The van der Waals surface area contributed by atoms with Crippen LogP contribution in [-0.2, 0) is 21.4 Å². The third kappa shape index (κ3) is 5.69. The molecule has 0 radical (unpaired) electrons. The Morgan fingerprint density at radius 1 is 1.03 bits per heavy atom. The fourth-order valence-corrected chi connectivity index (χ4v) is 4.25. The molecule has 1 aliphatic rings. The zero-order chi connectivity index (χ0) is 21.7. The standard InChI is InChI=1S/C21H25F2N3O3S/c1-30(28,29)26(18-9-10-19(22)20(23)13-18)15-21(27)24-14-16-5-7-17(8-6-16)25-11-3-2-4-12-25/h5-10,13H,2-4,11-12,14-15H2,1H3,(H,24,27). The lowest BCUT2D eigenvalue weighted by atomic mass is 10.1. The van der Waals surface area contributed by atoms with Gasteiger partial charge in [-0.2, -0.15) is 0 Å². The van der Waals surface area contributed by atoms with Crippen molar-refractivity contribution >= 4 is 27.3 Å². The van der Waals surface area contributed by atoms with Crippen LogP contribution < -0.4 is 14.5 Å². The van der Waals surface area contributed by atoms with Gasteiger partial charge in [-0.05, 0) is 49.1 Å². The average molecular weight is 438 g/mol. The van der Waals surface area contributed by atoms with Crippen molar-refractivity contribution in [2.45, 2.75) is 25.8 Å². The number of hydrogen-bond acceptors (Lipinski definition) is 4. The first-order chi connectivity index (χ1) is 14.2. The van der Waals surface area contributed by atoms with Crippen LogP contribution in [0.15, 0.2) is 42.5 Å². The molecule has 0 saturated carbocycles. The normalized spacial score (nSPS) is 14.4. The average Bonchev–Trinajstić information content (AvgIpc) is 2.73. The number of anilines is 2. The maximum absolute atomic E-state index is 13.5. The van der Waals surface area contributed by atoms with Crippen LogP contribution in [0.5, 0.6) is 0 Å². The van der Waals surface area contributed by atoms with Crippen LogP contribution >= 0.6 is 0 Å². The highest BCUT2D eigenvalue weighted by molar-refractivity contribution is 7.92. The minimum absolute atomic E-state index is 0.113.